The van der Waals surface area contributed by atoms with Crippen LogP contribution in [0.25, 0.3) is 4.48 Å². The van der Waals surface area contributed by atoms with Crippen LogP contribution < -0.4 is 5.32 Å². The zero-order chi connectivity index (χ0) is 15.0. The molecule has 0 spiro atoms. The van der Waals surface area contributed by atoms with Gasteiger partial charge in [-0.05, 0) is 41.3 Å². The zero-order valence-electron chi connectivity index (χ0n) is 11.2. The summed E-state index contributed by atoms with van der Waals surface area (Å²) in [5.74, 6) is 0. The number of nitrogens with one attached hydrogen (secondary N) is 2. The van der Waals surface area contributed by atoms with Crippen molar-refractivity contribution in [2.45, 2.75) is 30.4 Å². The maximum absolute atomic E-state index is 12.2. The van der Waals surface area contributed by atoms with E-state index in [-0.39, 0.29) is 11.1 Å². The smallest absolute Gasteiger partial charge is 0.202 e. The number of sulfone groups is 1. The summed E-state index contributed by atoms with van der Waals surface area (Å²) >= 11 is 3.26. The van der Waals surface area contributed by atoms with Crippen LogP contribution in [0, 0.1) is 5.41 Å². The van der Waals surface area contributed by atoms with E-state index in [2.05, 4.69) is 21.2 Å². The van der Waals surface area contributed by atoms with Crippen LogP contribution in [0.5, 0.6) is 0 Å². The normalized spacial score (nSPS) is 23.3. The minimum absolute atomic E-state index is 0.129. The minimum atomic E-state index is -3.50. The van der Waals surface area contributed by atoms with Crippen LogP contribution in [0.15, 0.2) is 22.4 Å². The lowest BCUT2D eigenvalue weighted by atomic mass is 10.1. The summed E-state index contributed by atoms with van der Waals surface area (Å²) in [6.07, 6.45) is 3.96. The van der Waals surface area contributed by atoms with Crippen LogP contribution in [0.3, 0.4) is 0 Å². The Bertz CT molecular complexity index is 722. The Hall–Kier alpha value is -1.18. The van der Waals surface area contributed by atoms with E-state index in [4.69, 9.17) is 10.1 Å². The molecular weight excluding hydrogens is 356 g/mol. The van der Waals surface area contributed by atoms with E-state index in [1.165, 1.54) is 5.41 Å². The molecule has 2 aliphatic rings. The monoisotopic (exact) mass is 370 g/mol. The summed E-state index contributed by atoms with van der Waals surface area (Å²) in [5, 5.41) is 12.0. The second-order valence-corrected chi connectivity index (χ2v) is 7.65. The molecule has 0 amide bonds. The molecule has 1 atom stereocenters. The van der Waals surface area contributed by atoms with Crippen molar-refractivity contribution >= 4 is 42.2 Å². The molecule has 2 aliphatic heterocycles. The van der Waals surface area contributed by atoms with Gasteiger partial charge in [0.15, 0.2) is 0 Å². The molecule has 0 bridgehead atoms. The number of benzene rings is 1. The summed E-state index contributed by atoms with van der Waals surface area (Å²) in [5.41, 5.74) is 1.60. The van der Waals surface area contributed by atoms with E-state index in [9.17, 15) is 8.42 Å². The van der Waals surface area contributed by atoms with Crippen LogP contribution in [-0.2, 0) is 14.6 Å². The van der Waals surface area contributed by atoms with Gasteiger partial charge in [0.05, 0.1) is 10.3 Å². The van der Waals surface area contributed by atoms with Crippen LogP contribution >= 0.6 is 15.9 Å². The van der Waals surface area contributed by atoms with Gasteiger partial charge in [-0.15, -0.1) is 0 Å². The number of halogens is 1. The first-order valence-corrected chi connectivity index (χ1v) is 9.05. The molecule has 1 unspecified atom stereocenters. The number of anilines is 1. The number of hydrogen-bond acceptors (Lipinski definition) is 5. The third-order valence-corrected chi connectivity index (χ3v) is 6.15. The highest BCUT2D eigenvalue weighted by molar-refractivity contribution is 9.15. The Morgan fingerprint density at radius 3 is 2.86 bits per heavy atom. The van der Waals surface area contributed by atoms with Crippen molar-refractivity contribution in [3.63, 3.8) is 0 Å². The quantitative estimate of drug-likeness (QED) is 0.801. The number of ether oxygens (including phenoxy) is 1. The van der Waals surface area contributed by atoms with E-state index in [0.717, 1.165) is 25.5 Å². The highest BCUT2D eigenvalue weighted by Gasteiger charge is 2.30. The molecule has 1 saturated heterocycles. The molecule has 0 radical (unpaired) electrons. The first-order chi connectivity index (χ1) is 10.0. The summed E-state index contributed by atoms with van der Waals surface area (Å²) in [7, 11) is -3.50. The SMILES string of the molecule is N=Cc1c(NC2CCCCO2)ccc2c1S(=O)(=O)C=C2Br. The van der Waals surface area contributed by atoms with Gasteiger partial charge in [0.2, 0.25) is 9.84 Å². The Labute approximate surface area is 131 Å². The van der Waals surface area contributed by atoms with Gasteiger partial charge in [0.25, 0.3) is 0 Å². The van der Waals surface area contributed by atoms with Crippen LogP contribution in [0.1, 0.15) is 30.4 Å². The van der Waals surface area contributed by atoms with E-state index in [1.54, 1.807) is 12.1 Å². The molecule has 1 aromatic carbocycles. The number of rotatable bonds is 3. The van der Waals surface area contributed by atoms with Gasteiger partial charge < -0.3 is 15.5 Å². The Morgan fingerprint density at radius 1 is 1.38 bits per heavy atom. The molecule has 7 heteroatoms. The van der Waals surface area contributed by atoms with Crippen LogP contribution in [-0.4, -0.2) is 27.5 Å². The molecule has 21 heavy (non-hydrogen) atoms. The summed E-state index contributed by atoms with van der Waals surface area (Å²) in [6.45, 7) is 0.702. The maximum atomic E-state index is 12.2. The topological polar surface area (TPSA) is 79.2 Å². The summed E-state index contributed by atoms with van der Waals surface area (Å²) < 4.78 is 30.6. The van der Waals surface area contributed by atoms with Crippen molar-refractivity contribution in [3.05, 3.63) is 28.7 Å². The molecule has 112 valence electrons. The Morgan fingerprint density at radius 2 is 2.19 bits per heavy atom. The second kappa shape index (κ2) is 5.55. The van der Waals surface area contributed by atoms with Gasteiger partial charge in [-0.3, -0.25) is 0 Å². The number of hydrogen-bond donors (Lipinski definition) is 2. The average Bonchev–Trinajstić information content (AvgIpc) is 2.70. The van der Waals surface area contributed by atoms with Crippen molar-refractivity contribution in [1.82, 2.24) is 0 Å². The molecule has 0 aromatic heterocycles. The summed E-state index contributed by atoms with van der Waals surface area (Å²) in [6, 6.07) is 3.55. The highest BCUT2D eigenvalue weighted by Crippen LogP contribution is 2.41. The molecule has 2 N–H and O–H groups in total. The molecule has 1 fully saturated rings. The fourth-order valence-corrected chi connectivity index (χ4v) is 5.33. The van der Waals surface area contributed by atoms with Gasteiger partial charge in [0.1, 0.15) is 6.23 Å². The van der Waals surface area contributed by atoms with Gasteiger partial charge in [-0.2, -0.15) is 0 Å². The van der Waals surface area contributed by atoms with Gasteiger partial charge >= 0.3 is 0 Å². The molecule has 3 rings (SSSR count). The highest BCUT2D eigenvalue weighted by atomic mass is 79.9. The molecule has 0 saturated carbocycles. The molecule has 5 nitrogen and oxygen atoms in total. The van der Waals surface area contributed by atoms with Crippen molar-refractivity contribution in [2.75, 3.05) is 11.9 Å². The molecule has 0 aliphatic carbocycles. The third-order valence-electron chi connectivity index (χ3n) is 3.64. The lowest BCUT2D eigenvalue weighted by molar-refractivity contribution is 0.0343. The van der Waals surface area contributed by atoms with Crippen LogP contribution in [0.2, 0.25) is 0 Å². The lowest BCUT2D eigenvalue weighted by Gasteiger charge is -2.25. The largest absolute Gasteiger partial charge is 0.360 e. The first kappa shape index (κ1) is 14.7. The first-order valence-electron chi connectivity index (χ1n) is 6.71. The van der Waals surface area contributed by atoms with Crippen molar-refractivity contribution in [1.29, 1.82) is 5.41 Å². The van der Waals surface area contributed by atoms with E-state index < -0.39 is 9.84 Å². The second-order valence-electron chi connectivity index (χ2n) is 5.06. The zero-order valence-corrected chi connectivity index (χ0v) is 13.6. The van der Waals surface area contributed by atoms with E-state index >= 15 is 0 Å². The van der Waals surface area contributed by atoms with Crippen molar-refractivity contribution in [3.8, 4) is 0 Å². The third kappa shape index (κ3) is 2.65. The predicted molar refractivity (Wildman–Crippen MR) is 85.6 cm³/mol. The fraction of sp³-hybridized carbons (Fsp3) is 0.357. The van der Waals surface area contributed by atoms with Crippen molar-refractivity contribution in [2.24, 2.45) is 0 Å². The van der Waals surface area contributed by atoms with Gasteiger partial charge in [-0.1, -0.05) is 6.07 Å². The standard InChI is InChI=1S/C14H15BrN2O3S/c15-11-8-21(18,19)14-9(11)4-5-12(10(14)7-16)17-13-3-1-2-6-20-13/h4-5,7-8,13,16-17H,1-3,6H2. The Balaban J connectivity index is 2.03. The number of fused-ring (bicyclic) bond motifs is 1. The predicted octanol–water partition coefficient (Wildman–Crippen LogP) is 3.10. The molecule has 2 heterocycles. The van der Waals surface area contributed by atoms with Gasteiger partial charge in [-0.25, -0.2) is 8.42 Å². The minimum Gasteiger partial charge on any atom is -0.360 e. The fourth-order valence-electron chi connectivity index (χ4n) is 2.65. The molecular formula is C14H15BrN2O3S. The van der Waals surface area contributed by atoms with Gasteiger partial charge in [0, 0.05) is 34.1 Å². The van der Waals surface area contributed by atoms with E-state index in [0.29, 0.717) is 27.9 Å². The van der Waals surface area contributed by atoms with Crippen LogP contribution in [0.4, 0.5) is 5.69 Å². The molecule has 1 aromatic rings. The van der Waals surface area contributed by atoms with E-state index in [1.807, 2.05) is 0 Å². The lowest BCUT2D eigenvalue weighted by Crippen LogP contribution is -2.27. The average molecular weight is 371 g/mol. The van der Waals surface area contributed by atoms with Crippen molar-refractivity contribution < 1.29 is 13.2 Å². The summed E-state index contributed by atoms with van der Waals surface area (Å²) in [4.78, 5) is 0.185. The Kier molecular flexibility index (Phi) is 3.90. The maximum Gasteiger partial charge on any atom is 0.202 e.